The standard InChI is InChI=1S/C18H26N4O2/c1-2-19-18(22-15-8-9-15)20-11-13-4-3-5-16(10-13)24-12-17(23)21-14-6-7-14/h3-5,10,14-15H,2,6-9,11-12H2,1H3,(H,21,23)(H2,19,20,22). The van der Waals surface area contributed by atoms with Gasteiger partial charge >= 0.3 is 0 Å². The highest BCUT2D eigenvalue weighted by molar-refractivity contribution is 5.80. The van der Waals surface area contributed by atoms with Crippen molar-refractivity contribution in [3.8, 4) is 5.75 Å². The van der Waals surface area contributed by atoms with Gasteiger partial charge in [0, 0.05) is 18.6 Å². The van der Waals surface area contributed by atoms with Gasteiger partial charge in [0.05, 0.1) is 6.54 Å². The van der Waals surface area contributed by atoms with Gasteiger partial charge in [-0.3, -0.25) is 4.79 Å². The van der Waals surface area contributed by atoms with Crippen LogP contribution in [0, 0.1) is 0 Å². The highest BCUT2D eigenvalue weighted by Crippen LogP contribution is 2.19. The van der Waals surface area contributed by atoms with Gasteiger partial charge in [-0.25, -0.2) is 4.99 Å². The predicted molar refractivity (Wildman–Crippen MR) is 94.1 cm³/mol. The number of guanidine groups is 1. The molecule has 0 unspecified atom stereocenters. The second-order valence-electron chi connectivity index (χ2n) is 6.39. The van der Waals surface area contributed by atoms with E-state index >= 15 is 0 Å². The Hall–Kier alpha value is -2.24. The third-order valence-corrected chi connectivity index (χ3v) is 3.89. The van der Waals surface area contributed by atoms with E-state index in [0.29, 0.717) is 24.4 Å². The topological polar surface area (TPSA) is 74.8 Å². The molecule has 1 aromatic carbocycles. The van der Waals surface area contributed by atoms with Gasteiger partial charge in [-0.1, -0.05) is 12.1 Å². The number of carbonyl (C=O) groups is 1. The molecule has 2 aliphatic rings. The van der Waals surface area contributed by atoms with E-state index in [1.807, 2.05) is 24.3 Å². The molecule has 6 heteroatoms. The molecule has 3 N–H and O–H groups in total. The Morgan fingerprint density at radius 3 is 2.67 bits per heavy atom. The minimum atomic E-state index is -0.0519. The quantitative estimate of drug-likeness (QED) is 0.499. The maximum absolute atomic E-state index is 11.7. The fourth-order valence-electron chi connectivity index (χ4n) is 2.29. The smallest absolute Gasteiger partial charge is 0.258 e. The summed E-state index contributed by atoms with van der Waals surface area (Å²) >= 11 is 0. The first kappa shape index (κ1) is 16.6. The zero-order valence-corrected chi connectivity index (χ0v) is 14.2. The summed E-state index contributed by atoms with van der Waals surface area (Å²) in [7, 11) is 0. The summed E-state index contributed by atoms with van der Waals surface area (Å²) in [4.78, 5) is 16.3. The second kappa shape index (κ2) is 8.04. The summed E-state index contributed by atoms with van der Waals surface area (Å²) in [6, 6.07) is 8.69. The Balaban J connectivity index is 1.50. The Kier molecular flexibility index (Phi) is 5.56. The average molecular weight is 330 g/mol. The highest BCUT2D eigenvalue weighted by atomic mass is 16.5. The van der Waals surface area contributed by atoms with Gasteiger partial charge < -0.3 is 20.7 Å². The molecule has 0 saturated heterocycles. The molecule has 2 aliphatic carbocycles. The molecular weight excluding hydrogens is 304 g/mol. The second-order valence-corrected chi connectivity index (χ2v) is 6.39. The Morgan fingerprint density at radius 2 is 1.96 bits per heavy atom. The number of nitrogens with zero attached hydrogens (tertiary/aromatic N) is 1. The van der Waals surface area contributed by atoms with Crippen LogP contribution in [0.2, 0.25) is 0 Å². The minimum absolute atomic E-state index is 0.0519. The van der Waals surface area contributed by atoms with Crippen molar-refractivity contribution in [1.82, 2.24) is 16.0 Å². The van der Waals surface area contributed by atoms with Crippen LogP contribution < -0.4 is 20.7 Å². The van der Waals surface area contributed by atoms with Crippen molar-refractivity contribution in [3.63, 3.8) is 0 Å². The fourth-order valence-corrected chi connectivity index (χ4v) is 2.29. The van der Waals surface area contributed by atoms with Gasteiger partial charge in [0.2, 0.25) is 0 Å². The molecule has 0 spiro atoms. The number of ether oxygens (including phenoxy) is 1. The average Bonchev–Trinajstić information content (AvgIpc) is 3.48. The van der Waals surface area contributed by atoms with E-state index < -0.39 is 0 Å². The van der Waals surface area contributed by atoms with Crippen LogP contribution in [-0.2, 0) is 11.3 Å². The molecule has 0 radical (unpaired) electrons. The lowest BCUT2D eigenvalue weighted by Gasteiger charge is -2.11. The van der Waals surface area contributed by atoms with Crippen molar-refractivity contribution in [2.45, 2.75) is 51.2 Å². The Bertz CT molecular complexity index is 594. The number of nitrogens with one attached hydrogen (secondary N) is 3. The third-order valence-electron chi connectivity index (χ3n) is 3.89. The molecule has 1 aromatic rings. The van der Waals surface area contributed by atoms with E-state index in [9.17, 15) is 4.79 Å². The Morgan fingerprint density at radius 1 is 1.21 bits per heavy atom. The normalized spacial score (nSPS) is 17.3. The summed E-state index contributed by atoms with van der Waals surface area (Å²) in [5.74, 6) is 1.51. The Labute approximate surface area is 143 Å². The summed E-state index contributed by atoms with van der Waals surface area (Å²) in [6.07, 6.45) is 4.61. The molecule has 6 nitrogen and oxygen atoms in total. The number of rotatable bonds is 8. The van der Waals surface area contributed by atoms with Crippen LogP contribution in [0.25, 0.3) is 0 Å². The van der Waals surface area contributed by atoms with E-state index in [4.69, 9.17) is 4.74 Å². The first-order valence-electron chi connectivity index (χ1n) is 8.79. The maximum Gasteiger partial charge on any atom is 0.258 e. The maximum atomic E-state index is 11.7. The van der Waals surface area contributed by atoms with E-state index in [1.165, 1.54) is 12.8 Å². The van der Waals surface area contributed by atoms with Gasteiger partial charge in [0.25, 0.3) is 5.91 Å². The van der Waals surface area contributed by atoms with E-state index in [2.05, 4.69) is 27.9 Å². The first-order valence-corrected chi connectivity index (χ1v) is 8.79. The van der Waals surface area contributed by atoms with Crippen molar-refractivity contribution < 1.29 is 9.53 Å². The van der Waals surface area contributed by atoms with Crippen LogP contribution in [-0.4, -0.2) is 37.1 Å². The molecule has 0 atom stereocenters. The molecule has 0 aromatic heterocycles. The molecule has 2 fully saturated rings. The largest absolute Gasteiger partial charge is 0.484 e. The zero-order chi connectivity index (χ0) is 16.8. The summed E-state index contributed by atoms with van der Waals surface area (Å²) in [5, 5.41) is 9.57. The molecule has 0 heterocycles. The number of carbonyl (C=O) groups excluding carboxylic acids is 1. The zero-order valence-electron chi connectivity index (χ0n) is 14.2. The van der Waals surface area contributed by atoms with E-state index in [1.54, 1.807) is 0 Å². The molecule has 24 heavy (non-hydrogen) atoms. The number of hydrogen-bond acceptors (Lipinski definition) is 3. The first-order chi connectivity index (χ1) is 11.7. The number of aliphatic imine (C=N–C) groups is 1. The van der Waals surface area contributed by atoms with E-state index in [-0.39, 0.29) is 12.5 Å². The molecule has 0 bridgehead atoms. The van der Waals surface area contributed by atoms with Crippen LogP contribution in [0.4, 0.5) is 0 Å². The van der Waals surface area contributed by atoms with Gasteiger partial charge in [0.15, 0.2) is 12.6 Å². The lowest BCUT2D eigenvalue weighted by molar-refractivity contribution is -0.123. The molecular formula is C18H26N4O2. The summed E-state index contributed by atoms with van der Waals surface area (Å²) in [5.41, 5.74) is 1.06. The number of amides is 1. The molecule has 2 saturated carbocycles. The number of benzene rings is 1. The summed E-state index contributed by atoms with van der Waals surface area (Å²) < 4.78 is 5.57. The van der Waals surface area contributed by atoms with Gasteiger partial charge in [-0.05, 0) is 50.3 Å². The fraction of sp³-hybridized carbons (Fsp3) is 0.556. The van der Waals surface area contributed by atoms with Gasteiger partial charge in [-0.2, -0.15) is 0 Å². The monoisotopic (exact) mass is 330 g/mol. The van der Waals surface area contributed by atoms with Crippen molar-refractivity contribution in [3.05, 3.63) is 29.8 Å². The van der Waals surface area contributed by atoms with Crippen LogP contribution >= 0.6 is 0 Å². The van der Waals surface area contributed by atoms with Gasteiger partial charge in [0.1, 0.15) is 5.75 Å². The predicted octanol–water partition coefficient (Wildman–Crippen LogP) is 1.56. The van der Waals surface area contributed by atoms with Crippen LogP contribution in [0.15, 0.2) is 29.3 Å². The minimum Gasteiger partial charge on any atom is -0.484 e. The summed E-state index contributed by atoms with van der Waals surface area (Å²) in [6.45, 7) is 3.55. The van der Waals surface area contributed by atoms with Crippen LogP contribution in [0.5, 0.6) is 5.75 Å². The SMILES string of the molecule is CCNC(=NCc1cccc(OCC(=O)NC2CC2)c1)NC1CC1. The lowest BCUT2D eigenvalue weighted by Crippen LogP contribution is -2.38. The molecule has 3 rings (SSSR count). The molecule has 1 amide bonds. The molecule has 0 aliphatic heterocycles. The van der Waals surface area contributed by atoms with Gasteiger partial charge in [-0.15, -0.1) is 0 Å². The van der Waals surface area contributed by atoms with Crippen molar-refractivity contribution in [1.29, 1.82) is 0 Å². The van der Waals surface area contributed by atoms with E-state index in [0.717, 1.165) is 30.9 Å². The van der Waals surface area contributed by atoms with Crippen molar-refractivity contribution >= 4 is 11.9 Å². The third kappa shape index (κ3) is 5.76. The van der Waals surface area contributed by atoms with Crippen molar-refractivity contribution in [2.75, 3.05) is 13.2 Å². The van der Waals surface area contributed by atoms with Crippen LogP contribution in [0.3, 0.4) is 0 Å². The lowest BCUT2D eigenvalue weighted by atomic mass is 10.2. The molecule has 130 valence electrons. The highest BCUT2D eigenvalue weighted by Gasteiger charge is 2.23. The van der Waals surface area contributed by atoms with Crippen molar-refractivity contribution in [2.24, 2.45) is 4.99 Å². The number of hydrogen-bond donors (Lipinski definition) is 3. The van der Waals surface area contributed by atoms with Crippen LogP contribution in [0.1, 0.15) is 38.2 Å².